The zero-order valence-corrected chi connectivity index (χ0v) is 12.9. The summed E-state index contributed by atoms with van der Waals surface area (Å²) in [5.41, 5.74) is 5.48. The highest BCUT2D eigenvalue weighted by atomic mass is 32.2. The van der Waals surface area contributed by atoms with Gasteiger partial charge in [-0.3, -0.25) is 0 Å². The van der Waals surface area contributed by atoms with E-state index in [0.717, 1.165) is 35.7 Å². The molecular weight excluding hydrogens is 308 g/mol. The lowest BCUT2D eigenvalue weighted by Crippen LogP contribution is -2.37. The molecule has 1 aliphatic rings. The van der Waals surface area contributed by atoms with Gasteiger partial charge in [0.1, 0.15) is 9.20 Å². The Morgan fingerprint density at radius 3 is 2.83 bits per heavy atom. The highest BCUT2D eigenvalue weighted by molar-refractivity contribution is 7.99. The van der Waals surface area contributed by atoms with E-state index in [1.54, 1.807) is 23.9 Å². The fraction of sp³-hybridized carbons (Fsp3) is 0.500. The van der Waals surface area contributed by atoms with Crippen LogP contribution in [0.3, 0.4) is 0 Å². The molecule has 0 aromatic carbocycles. The van der Waals surface area contributed by atoms with E-state index >= 15 is 0 Å². The van der Waals surface area contributed by atoms with Crippen LogP contribution in [-0.2, 0) is 10.0 Å². The molecule has 0 saturated carbocycles. The molecule has 1 aromatic rings. The second-order valence-electron chi connectivity index (χ2n) is 4.02. The summed E-state index contributed by atoms with van der Waals surface area (Å²) in [5.74, 6) is 1.95. The molecule has 2 rings (SSSR count). The molecule has 1 saturated heterocycles. The third-order valence-corrected chi connectivity index (χ3v) is 7.27. The fourth-order valence-electron chi connectivity index (χ4n) is 1.71. The van der Waals surface area contributed by atoms with Crippen LogP contribution < -0.4 is 10.5 Å². The van der Waals surface area contributed by atoms with Crippen LogP contribution in [0, 0.1) is 0 Å². The Morgan fingerprint density at radius 1 is 1.50 bits per heavy atom. The zero-order chi connectivity index (χ0) is 13.2. The number of nitrogens with two attached hydrogens (primary N) is 1. The molecule has 1 atom stereocenters. The molecule has 0 radical (unpaired) electrons. The Balaban J connectivity index is 2.11. The lowest BCUT2D eigenvalue weighted by atomic mass is 10.2. The summed E-state index contributed by atoms with van der Waals surface area (Å²) in [5, 5.41) is 0. The van der Waals surface area contributed by atoms with Crippen LogP contribution >= 0.6 is 35.3 Å². The molecule has 1 fully saturated rings. The van der Waals surface area contributed by atoms with Gasteiger partial charge in [0.2, 0.25) is 10.0 Å². The van der Waals surface area contributed by atoms with Crippen LogP contribution in [0.4, 0.5) is 0 Å². The van der Waals surface area contributed by atoms with Crippen molar-refractivity contribution in [2.75, 3.05) is 11.5 Å². The van der Waals surface area contributed by atoms with Gasteiger partial charge in [0.05, 0.1) is 4.88 Å². The van der Waals surface area contributed by atoms with E-state index in [1.165, 1.54) is 0 Å². The maximum Gasteiger partial charge on any atom is 0.250 e. The standard InChI is InChI=1S/C10H14N2O2S4/c11-10(15)8-3-4-9(17-8)18(13,14)12-7-2-1-5-16-6-7/h3-4,7,12H,1-2,5-6H2,(H2,11,15). The third kappa shape index (κ3) is 3.45. The van der Waals surface area contributed by atoms with Gasteiger partial charge in [-0.25, -0.2) is 13.1 Å². The molecule has 1 unspecified atom stereocenters. The lowest BCUT2D eigenvalue weighted by molar-refractivity contribution is 0.545. The van der Waals surface area contributed by atoms with Gasteiger partial charge in [-0.2, -0.15) is 11.8 Å². The van der Waals surface area contributed by atoms with Crippen molar-refractivity contribution in [2.24, 2.45) is 5.73 Å². The number of thiocarbonyl (C=S) groups is 1. The first-order chi connectivity index (χ1) is 8.49. The van der Waals surface area contributed by atoms with Gasteiger partial charge in [-0.1, -0.05) is 12.2 Å². The molecule has 0 bridgehead atoms. The van der Waals surface area contributed by atoms with Gasteiger partial charge >= 0.3 is 0 Å². The van der Waals surface area contributed by atoms with E-state index in [2.05, 4.69) is 4.72 Å². The van der Waals surface area contributed by atoms with E-state index < -0.39 is 10.0 Å². The monoisotopic (exact) mass is 322 g/mol. The number of rotatable bonds is 4. The molecule has 0 spiro atoms. The predicted octanol–water partition coefficient (Wildman–Crippen LogP) is 1.56. The van der Waals surface area contributed by atoms with Crippen LogP contribution in [0.1, 0.15) is 17.7 Å². The van der Waals surface area contributed by atoms with E-state index in [4.69, 9.17) is 18.0 Å². The van der Waals surface area contributed by atoms with Crippen molar-refractivity contribution in [2.45, 2.75) is 23.1 Å². The van der Waals surface area contributed by atoms with Gasteiger partial charge in [-0.15, -0.1) is 11.3 Å². The van der Waals surface area contributed by atoms with Crippen LogP contribution in [-0.4, -0.2) is 31.0 Å². The summed E-state index contributed by atoms with van der Waals surface area (Å²) in [7, 11) is -3.43. The Labute approximate surface area is 120 Å². The maximum absolute atomic E-state index is 12.1. The van der Waals surface area contributed by atoms with Gasteiger partial charge < -0.3 is 5.73 Å². The van der Waals surface area contributed by atoms with Gasteiger partial charge in [-0.05, 0) is 30.7 Å². The highest BCUT2D eigenvalue weighted by Gasteiger charge is 2.23. The summed E-state index contributed by atoms with van der Waals surface area (Å²) in [6.45, 7) is 0. The SMILES string of the molecule is NC(=S)c1ccc(S(=O)(=O)NC2CCCSC2)s1. The normalized spacial score (nSPS) is 20.8. The minimum Gasteiger partial charge on any atom is -0.389 e. The third-order valence-electron chi connectivity index (χ3n) is 2.57. The summed E-state index contributed by atoms with van der Waals surface area (Å²) >= 11 is 7.73. The van der Waals surface area contributed by atoms with E-state index in [1.807, 2.05) is 0 Å². The quantitative estimate of drug-likeness (QED) is 0.823. The Kier molecular flexibility index (Phi) is 4.65. The maximum atomic E-state index is 12.1. The fourth-order valence-corrected chi connectivity index (χ4v) is 5.52. The van der Waals surface area contributed by atoms with Gasteiger partial charge in [0, 0.05) is 11.8 Å². The second kappa shape index (κ2) is 5.87. The number of hydrogen-bond acceptors (Lipinski definition) is 5. The van der Waals surface area contributed by atoms with E-state index in [-0.39, 0.29) is 15.2 Å². The van der Waals surface area contributed by atoms with E-state index in [0.29, 0.717) is 4.88 Å². The van der Waals surface area contributed by atoms with Crippen molar-refractivity contribution >= 4 is 50.3 Å². The van der Waals surface area contributed by atoms with E-state index in [9.17, 15) is 8.42 Å². The van der Waals surface area contributed by atoms with Crippen LogP contribution in [0.15, 0.2) is 16.3 Å². The average Bonchev–Trinajstić information content (AvgIpc) is 2.79. The molecule has 2 heterocycles. The number of thioether (sulfide) groups is 1. The molecule has 100 valence electrons. The number of hydrogen-bond donors (Lipinski definition) is 2. The number of nitrogens with one attached hydrogen (secondary N) is 1. The molecule has 8 heteroatoms. The predicted molar refractivity (Wildman–Crippen MR) is 80.9 cm³/mol. The second-order valence-corrected chi connectivity index (χ2v) is 8.63. The Bertz CT molecular complexity index is 532. The first kappa shape index (κ1) is 14.3. The van der Waals surface area contributed by atoms with Crippen molar-refractivity contribution in [1.82, 2.24) is 4.72 Å². The molecular formula is C10H14N2O2S4. The largest absolute Gasteiger partial charge is 0.389 e. The van der Waals surface area contributed by atoms with Crippen molar-refractivity contribution < 1.29 is 8.42 Å². The van der Waals surface area contributed by atoms with Crippen molar-refractivity contribution in [3.63, 3.8) is 0 Å². The number of sulfonamides is 1. The lowest BCUT2D eigenvalue weighted by Gasteiger charge is -2.21. The minimum atomic E-state index is -3.43. The smallest absolute Gasteiger partial charge is 0.250 e. The molecule has 1 aromatic heterocycles. The summed E-state index contributed by atoms with van der Waals surface area (Å²) in [4.78, 5) is 0.859. The first-order valence-electron chi connectivity index (χ1n) is 5.49. The zero-order valence-electron chi connectivity index (χ0n) is 9.59. The Hall–Kier alpha value is -0.150. The van der Waals surface area contributed by atoms with Crippen LogP contribution in [0.2, 0.25) is 0 Å². The molecule has 0 amide bonds. The van der Waals surface area contributed by atoms with Crippen molar-refractivity contribution in [1.29, 1.82) is 0 Å². The molecule has 4 nitrogen and oxygen atoms in total. The molecule has 18 heavy (non-hydrogen) atoms. The van der Waals surface area contributed by atoms with Crippen molar-refractivity contribution in [3.8, 4) is 0 Å². The topological polar surface area (TPSA) is 72.2 Å². The van der Waals surface area contributed by atoms with Crippen LogP contribution in [0.5, 0.6) is 0 Å². The molecule has 1 aliphatic heterocycles. The van der Waals surface area contributed by atoms with Crippen molar-refractivity contribution in [3.05, 3.63) is 17.0 Å². The molecule has 0 aliphatic carbocycles. The first-order valence-corrected chi connectivity index (χ1v) is 9.35. The Morgan fingerprint density at radius 2 is 2.28 bits per heavy atom. The molecule has 3 N–H and O–H groups in total. The average molecular weight is 323 g/mol. The van der Waals surface area contributed by atoms with Crippen LogP contribution in [0.25, 0.3) is 0 Å². The van der Waals surface area contributed by atoms with Gasteiger partial charge in [0.25, 0.3) is 0 Å². The summed E-state index contributed by atoms with van der Waals surface area (Å²) < 4.78 is 27.3. The summed E-state index contributed by atoms with van der Waals surface area (Å²) in [6.07, 6.45) is 1.96. The number of thiophene rings is 1. The summed E-state index contributed by atoms with van der Waals surface area (Å²) in [6, 6.07) is 3.23. The van der Waals surface area contributed by atoms with Gasteiger partial charge in [0.15, 0.2) is 0 Å². The minimum absolute atomic E-state index is 0.0316. The highest BCUT2D eigenvalue weighted by Crippen LogP contribution is 2.24.